The number of pyridine rings is 1. The molecule has 1 aromatic carbocycles. The number of hydrogen-bond donors (Lipinski definition) is 1. The SMILES string of the molecule is CC1(CNC(c2ccccc2)c2ccccn2)CCC1. The molecule has 1 saturated carbocycles. The first-order chi connectivity index (χ1) is 9.77. The van der Waals surface area contributed by atoms with Crippen molar-refractivity contribution in [3.8, 4) is 0 Å². The Bertz CT molecular complexity index is 492. The van der Waals surface area contributed by atoms with Crippen LogP contribution >= 0.6 is 0 Å². The van der Waals surface area contributed by atoms with Crippen molar-refractivity contribution in [3.05, 3.63) is 66.0 Å². The molecule has 0 amide bonds. The van der Waals surface area contributed by atoms with E-state index in [1.807, 2.05) is 12.3 Å². The smallest absolute Gasteiger partial charge is 0.0751 e. The van der Waals surface area contributed by atoms with Crippen molar-refractivity contribution in [1.82, 2.24) is 10.3 Å². The Morgan fingerprint density at radius 1 is 1.10 bits per heavy atom. The molecule has 3 rings (SSSR count). The van der Waals surface area contributed by atoms with Gasteiger partial charge >= 0.3 is 0 Å². The minimum absolute atomic E-state index is 0.190. The molecule has 1 aromatic heterocycles. The quantitative estimate of drug-likeness (QED) is 0.886. The fourth-order valence-corrected chi connectivity index (χ4v) is 2.89. The van der Waals surface area contributed by atoms with Gasteiger partial charge < -0.3 is 5.32 Å². The van der Waals surface area contributed by atoms with Crippen LogP contribution < -0.4 is 5.32 Å². The number of benzene rings is 1. The molecule has 1 heterocycles. The molecule has 104 valence electrons. The van der Waals surface area contributed by atoms with Crippen molar-refractivity contribution < 1.29 is 0 Å². The fraction of sp³-hybridized carbons (Fsp3) is 0.389. The summed E-state index contributed by atoms with van der Waals surface area (Å²) in [6, 6.07) is 16.9. The van der Waals surface area contributed by atoms with Gasteiger partial charge in [-0.15, -0.1) is 0 Å². The maximum atomic E-state index is 4.54. The van der Waals surface area contributed by atoms with Crippen molar-refractivity contribution in [2.45, 2.75) is 32.2 Å². The Morgan fingerprint density at radius 3 is 2.45 bits per heavy atom. The summed E-state index contributed by atoms with van der Waals surface area (Å²) in [5, 5.41) is 3.73. The lowest BCUT2D eigenvalue weighted by Crippen LogP contribution is -2.39. The normalized spacial score (nSPS) is 18.2. The van der Waals surface area contributed by atoms with E-state index in [2.05, 4.69) is 59.7 Å². The number of nitrogens with zero attached hydrogens (tertiary/aromatic N) is 1. The van der Waals surface area contributed by atoms with Crippen LogP contribution in [-0.4, -0.2) is 11.5 Å². The zero-order chi connectivity index (χ0) is 13.8. The van der Waals surface area contributed by atoms with Gasteiger partial charge in [-0.25, -0.2) is 0 Å². The lowest BCUT2D eigenvalue weighted by atomic mass is 9.70. The molecule has 0 radical (unpaired) electrons. The zero-order valence-electron chi connectivity index (χ0n) is 12.0. The van der Waals surface area contributed by atoms with Crippen LogP contribution in [0.1, 0.15) is 43.5 Å². The van der Waals surface area contributed by atoms with E-state index in [0.29, 0.717) is 5.41 Å². The van der Waals surface area contributed by atoms with Crippen LogP contribution in [0.25, 0.3) is 0 Å². The number of hydrogen-bond acceptors (Lipinski definition) is 2. The van der Waals surface area contributed by atoms with Crippen LogP contribution in [-0.2, 0) is 0 Å². The fourth-order valence-electron chi connectivity index (χ4n) is 2.89. The predicted octanol–water partition coefficient (Wildman–Crippen LogP) is 3.95. The molecule has 0 spiro atoms. The van der Waals surface area contributed by atoms with Gasteiger partial charge in [-0.05, 0) is 36.0 Å². The topological polar surface area (TPSA) is 24.9 Å². The van der Waals surface area contributed by atoms with E-state index in [9.17, 15) is 0 Å². The van der Waals surface area contributed by atoms with Crippen LogP contribution in [0.15, 0.2) is 54.7 Å². The van der Waals surface area contributed by atoms with E-state index in [1.165, 1.54) is 24.8 Å². The van der Waals surface area contributed by atoms with Crippen LogP contribution in [0.5, 0.6) is 0 Å². The van der Waals surface area contributed by atoms with Gasteiger partial charge in [0, 0.05) is 12.7 Å². The number of nitrogens with one attached hydrogen (secondary N) is 1. The first kappa shape index (κ1) is 13.3. The third-order valence-electron chi connectivity index (χ3n) is 4.41. The highest BCUT2D eigenvalue weighted by Gasteiger charge is 2.32. The predicted molar refractivity (Wildman–Crippen MR) is 82.5 cm³/mol. The van der Waals surface area contributed by atoms with E-state index >= 15 is 0 Å². The lowest BCUT2D eigenvalue weighted by Gasteiger charge is -2.39. The van der Waals surface area contributed by atoms with Gasteiger partial charge in [-0.1, -0.05) is 49.7 Å². The van der Waals surface area contributed by atoms with Gasteiger partial charge in [0.25, 0.3) is 0 Å². The third kappa shape index (κ3) is 2.91. The molecule has 2 heteroatoms. The highest BCUT2D eigenvalue weighted by Crippen LogP contribution is 2.40. The van der Waals surface area contributed by atoms with Crippen LogP contribution in [0.4, 0.5) is 0 Å². The van der Waals surface area contributed by atoms with Gasteiger partial charge in [0.1, 0.15) is 0 Å². The Balaban J connectivity index is 1.80. The maximum absolute atomic E-state index is 4.54. The molecule has 0 bridgehead atoms. The van der Waals surface area contributed by atoms with E-state index < -0.39 is 0 Å². The van der Waals surface area contributed by atoms with Gasteiger partial charge in [-0.3, -0.25) is 4.98 Å². The second kappa shape index (κ2) is 5.76. The Morgan fingerprint density at radius 2 is 1.85 bits per heavy atom. The summed E-state index contributed by atoms with van der Waals surface area (Å²) in [6.45, 7) is 3.44. The van der Waals surface area contributed by atoms with E-state index in [1.54, 1.807) is 0 Å². The van der Waals surface area contributed by atoms with Crippen LogP contribution in [0.2, 0.25) is 0 Å². The van der Waals surface area contributed by atoms with Gasteiger partial charge in [-0.2, -0.15) is 0 Å². The molecule has 1 atom stereocenters. The Hall–Kier alpha value is -1.67. The molecule has 1 unspecified atom stereocenters. The third-order valence-corrected chi connectivity index (χ3v) is 4.41. The monoisotopic (exact) mass is 266 g/mol. The van der Waals surface area contributed by atoms with Crippen molar-refractivity contribution in [3.63, 3.8) is 0 Å². The summed E-state index contributed by atoms with van der Waals surface area (Å²) in [4.78, 5) is 4.54. The van der Waals surface area contributed by atoms with Crippen molar-refractivity contribution >= 4 is 0 Å². The zero-order valence-corrected chi connectivity index (χ0v) is 12.0. The largest absolute Gasteiger partial charge is 0.304 e. The summed E-state index contributed by atoms with van der Waals surface area (Å²) in [6.07, 6.45) is 5.92. The summed E-state index contributed by atoms with van der Waals surface area (Å²) < 4.78 is 0. The minimum Gasteiger partial charge on any atom is -0.304 e. The van der Waals surface area contributed by atoms with Crippen molar-refractivity contribution in [2.75, 3.05) is 6.54 Å². The molecule has 20 heavy (non-hydrogen) atoms. The first-order valence-electron chi connectivity index (χ1n) is 7.46. The Labute approximate surface area is 121 Å². The minimum atomic E-state index is 0.190. The van der Waals surface area contributed by atoms with Gasteiger partial charge in [0.2, 0.25) is 0 Å². The molecule has 1 aliphatic rings. The van der Waals surface area contributed by atoms with E-state index in [0.717, 1.165) is 12.2 Å². The van der Waals surface area contributed by atoms with E-state index in [4.69, 9.17) is 0 Å². The van der Waals surface area contributed by atoms with Crippen LogP contribution in [0, 0.1) is 5.41 Å². The van der Waals surface area contributed by atoms with Gasteiger partial charge in [0.05, 0.1) is 11.7 Å². The van der Waals surface area contributed by atoms with Crippen molar-refractivity contribution in [1.29, 1.82) is 0 Å². The summed E-state index contributed by atoms with van der Waals surface area (Å²) >= 11 is 0. The molecule has 1 fully saturated rings. The number of rotatable bonds is 5. The average Bonchev–Trinajstić information content (AvgIpc) is 2.48. The second-order valence-corrected chi connectivity index (χ2v) is 6.14. The van der Waals surface area contributed by atoms with Crippen LogP contribution in [0.3, 0.4) is 0 Å². The second-order valence-electron chi connectivity index (χ2n) is 6.14. The average molecular weight is 266 g/mol. The summed E-state index contributed by atoms with van der Waals surface area (Å²) in [5.74, 6) is 0. The molecule has 1 N–H and O–H groups in total. The van der Waals surface area contributed by atoms with Gasteiger partial charge in [0.15, 0.2) is 0 Å². The molecule has 1 aliphatic carbocycles. The first-order valence-corrected chi connectivity index (χ1v) is 7.46. The standard InChI is InChI=1S/C18H22N2/c1-18(11-7-12-18)14-20-17(15-8-3-2-4-9-15)16-10-5-6-13-19-16/h2-6,8-10,13,17,20H,7,11-12,14H2,1H3. The highest BCUT2D eigenvalue weighted by atomic mass is 15.0. The molecular formula is C18H22N2. The molecule has 2 aromatic rings. The number of aromatic nitrogens is 1. The lowest BCUT2D eigenvalue weighted by molar-refractivity contribution is 0.153. The molecule has 0 saturated heterocycles. The molecule has 0 aliphatic heterocycles. The summed E-state index contributed by atoms with van der Waals surface area (Å²) in [5.41, 5.74) is 2.86. The molecular weight excluding hydrogens is 244 g/mol. The maximum Gasteiger partial charge on any atom is 0.0751 e. The van der Waals surface area contributed by atoms with Crippen molar-refractivity contribution in [2.24, 2.45) is 5.41 Å². The van der Waals surface area contributed by atoms with E-state index in [-0.39, 0.29) is 6.04 Å². The Kier molecular flexibility index (Phi) is 3.83. The summed E-state index contributed by atoms with van der Waals surface area (Å²) in [7, 11) is 0. The highest BCUT2D eigenvalue weighted by molar-refractivity contribution is 5.27. The molecule has 2 nitrogen and oxygen atoms in total.